The Kier molecular flexibility index (Phi) is 5.20. The second-order valence-electron chi connectivity index (χ2n) is 4.76. The Hall–Kier alpha value is -2.27. The number of benzene rings is 2. The molecular weight excluding hydrogens is 246 g/mol. The van der Waals surface area contributed by atoms with Gasteiger partial charge >= 0.3 is 0 Å². The van der Waals surface area contributed by atoms with Crippen LogP contribution in [0.1, 0.15) is 25.3 Å². The number of ether oxygens (including phenoxy) is 1. The Bertz CT molecular complexity index is 564. The van der Waals surface area contributed by atoms with E-state index in [1.165, 1.54) is 0 Å². The molecule has 0 radical (unpaired) electrons. The third-order valence-electron chi connectivity index (χ3n) is 3.19. The van der Waals surface area contributed by atoms with E-state index in [0.29, 0.717) is 6.42 Å². The molecule has 0 aliphatic heterocycles. The van der Waals surface area contributed by atoms with E-state index in [-0.39, 0.29) is 0 Å². The van der Waals surface area contributed by atoms with Crippen molar-refractivity contribution in [2.75, 3.05) is 6.61 Å². The van der Waals surface area contributed by atoms with Crippen LogP contribution < -0.4 is 4.74 Å². The topological polar surface area (TPSA) is 33.0 Å². The zero-order chi connectivity index (χ0) is 14.2. The van der Waals surface area contributed by atoms with Crippen LogP contribution >= 0.6 is 0 Å². The average molecular weight is 265 g/mol. The van der Waals surface area contributed by atoms with Crippen molar-refractivity contribution in [2.24, 2.45) is 0 Å². The van der Waals surface area contributed by atoms with E-state index in [1.807, 2.05) is 24.3 Å². The summed E-state index contributed by atoms with van der Waals surface area (Å²) in [6.07, 6.45) is 2.69. The first-order valence-corrected chi connectivity index (χ1v) is 7.02. The van der Waals surface area contributed by atoms with Crippen molar-refractivity contribution < 1.29 is 4.74 Å². The minimum atomic E-state index is 0.463. The van der Waals surface area contributed by atoms with Gasteiger partial charge in [-0.2, -0.15) is 5.26 Å². The fourth-order valence-electron chi connectivity index (χ4n) is 1.98. The van der Waals surface area contributed by atoms with E-state index in [4.69, 9.17) is 10.00 Å². The number of hydrogen-bond acceptors (Lipinski definition) is 2. The van der Waals surface area contributed by atoms with Gasteiger partial charge in [-0.25, -0.2) is 0 Å². The number of unbranched alkanes of at least 4 members (excludes halogenated alkanes) is 1. The fourth-order valence-corrected chi connectivity index (χ4v) is 1.98. The van der Waals surface area contributed by atoms with Gasteiger partial charge in [0.15, 0.2) is 0 Å². The maximum atomic E-state index is 8.66. The van der Waals surface area contributed by atoms with Crippen molar-refractivity contribution >= 4 is 0 Å². The largest absolute Gasteiger partial charge is 0.494 e. The van der Waals surface area contributed by atoms with Gasteiger partial charge in [-0.3, -0.25) is 0 Å². The summed E-state index contributed by atoms with van der Waals surface area (Å²) in [6.45, 7) is 2.93. The molecule has 2 aromatic carbocycles. The number of nitrogens with zero attached hydrogens (tertiary/aromatic N) is 1. The third-order valence-corrected chi connectivity index (χ3v) is 3.19. The van der Waals surface area contributed by atoms with E-state index < -0.39 is 0 Å². The normalized spacial score (nSPS) is 10.0. The van der Waals surface area contributed by atoms with Gasteiger partial charge in [0, 0.05) is 0 Å². The maximum Gasteiger partial charge on any atom is 0.119 e. The highest BCUT2D eigenvalue weighted by Gasteiger charge is 1.99. The van der Waals surface area contributed by atoms with Crippen molar-refractivity contribution in [2.45, 2.75) is 26.2 Å². The van der Waals surface area contributed by atoms with Crippen LogP contribution in [-0.4, -0.2) is 6.61 Å². The molecule has 0 fully saturated rings. The van der Waals surface area contributed by atoms with Gasteiger partial charge in [0.05, 0.1) is 19.1 Å². The lowest BCUT2D eigenvalue weighted by molar-refractivity contribution is 0.309. The van der Waals surface area contributed by atoms with Crippen LogP contribution in [0.2, 0.25) is 0 Å². The number of nitriles is 1. The predicted octanol–water partition coefficient (Wildman–Crippen LogP) is 4.60. The molecule has 102 valence electrons. The number of rotatable bonds is 6. The van der Waals surface area contributed by atoms with E-state index in [2.05, 4.69) is 37.3 Å². The fraction of sp³-hybridized carbons (Fsp3) is 0.278. The minimum Gasteiger partial charge on any atom is -0.494 e. The van der Waals surface area contributed by atoms with Crippen molar-refractivity contribution in [3.05, 3.63) is 54.1 Å². The molecule has 0 unspecified atom stereocenters. The first kappa shape index (κ1) is 14.1. The van der Waals surface area contributed by atoms with Gasteiger partial charge in [0.25, 0.3) is 0 Å². The van der Waals surface area contributed by atoms with Gasteiger partial charge in [-0.05, 0) is 35.2 Å². The van der Waals surface area contributed by atoms with E-state index in [9.17, 15) is 0 Å². The summed E-state index contributed by atoms with van der Waals surface area (Å²) in [5.41, 5.74) is 3.37. The molecule has 0 saturated heterocycles. The zero-order valence-corrected chi connectivity index (χ0v) is 11.8. The number of hydrogen-bond donors (Lipinski definition) is 0. The van der Waals surface area contributed by atoms with Crippen LogP contribution in [0.25, 0.3) is 11.1 Å². The van der Waals surface area contributed by atoms with Crippen LogP contribution in [0.3, 0.4) is 0 Å². The molecule has 20 heavy (non-hydrogen) atoms. The van der Waals surface area contributed by atoms with Crippen LogP contribution in [0.4, 0.5) is 0 Å². The first-order valence-electron chi connectivity index (χ1n) is 7.02. The lowest BCUT2D eigenvalue weighted by Gasteiger charge is -2.07. The molecule has 0 saturated carbocycles. The molecule has 2 nitrogen and oxygen atoms in total. The second kappa shape index (κ2) is 7.35. The Morgan fingerprint density at radius 3 is 2.10 bits per heavy atom. The highest BCUT2D eigenvalue weighted by atomic mass is 16.5. The molecule has 2 aromatic rings. The van der Waals surface area contributed by atoms with Crippen LogP contribution in [0.5, 0.6) is 5.75 Å². The molecule has 0 aromatic heterocycles. The van der Waals surface area contributed by atoms with E-state index in [0.717, 1.165) is 41.9 Å². The molecular formula is C18H19NO. The first-order chi connectivity index (χ1) is 9.83. The van der Waals surface area contributed by atoms with Gasteiger partial charge in [-0.15, -0.1) is 0 Å². The van der Waals surface area contributed by atoms with Gasteiger partial charge in [0.1, 0.15) is 5.75 Å². The third kappa shape index (κ3) is 3.86. The van der Waals surface area contributed by atoms with E-state index >= 15 is 0 Å². The predicted molar refractivity (Wildman–Crippen MR) is 81.6 cm³/mol. The Morgan fingerprint density at radius 1 is 0.950 bits per heavy atom. The maximum absolute atomic E-state index is 8.66. The summed E-state index contributed by atoms with van der Waals surface area (Å²) in [4.78, 5) is 0. The molecule has 0 atom stereocenters. The quantitative estimate of drug-likeness (QED) is 0.715. The molecule has 0 heterocycles. The van der Waals surface area contributed by atoms with Gasteiger partial charge in [0.2, 0.25) is 0 Å². The zero-order valence-electron chi connectivity index (χ0n) is 11.8. The van der Waals surface area contributed by atoms with E-state index in [1.54, 1.807) is 0 Å². The van der Waals surface area contributed by atoms with Crippen LogP contribution in [0.15, 0.2) is 48.5 Å². The van der Waals surface area contributed by atoms with Crippen molar-refractivity contribution in [3.8, 4) is 22.9 Å². The Labute approximate surface area is 120 Å². The van der Waals surface area contributed by atoms with Gasteiger partial charge in [-0.1, -0.05) is 49.7 Å². The van der Waals surface area contributed by atoms with Gasteiger partial charge < -0.3 is 4.74 Å². The summed E-state index contributed by atoms with van der Waals surface area (Å²) >= 11 is 0. The molecule has 0 amide bonds. The molecule has 0 aliphatic carbocycles. The molecule has 0 bridgehead atoms. The smallest absolute Gasteiger partial charge is 0.119 e. The molecule has 0 spiro atoms. The Balaban J connectivity index is 2.04. The summed E-state index contributed by atoms with van der Waals surface area (Å²) in [5.74, 6) is 0.920. The lowest BCUT2D eigenvalue weighted by atomic mass is 10.0. The summed E-state index contributed by atoms with van der Waals surface area (Å²) in [6, 6.07) is 18.4. The molecule has 0 aliphatic rings. The minimum absolute atomic E-state index is 0.463. The average Bonchev–Trinajstić information content (AvgIpc) is 2.49. The summed E-state index contributed by atoms with van der Waals surface area (Å²) in [7, 11) is 0. The van der Waals surface area contributed by atoms with Crippen LogP contribution in [-0.2, 0) is 6.42 Å². The highest BCUT2D eigenvalue weighted by Crippen LogP contribution is 2.23. The monoisotopic (exact) mass is 265 g/mol. The molecule has 2 heteroatoms. The lowest BCUT2D eigenvalue weighted by Crippen LogP contribution is -1.95. The van der Waals surface area contributed by atoms with Crippen molar-refractivity contribution in [1.82, 2.24) is 0 Å². The molecule has 2 rings (SSSR count). The standard InChI is InChI=1S/C18H19NO/c1-2-3-14-20-18-10-8-17(9-11-18)16-6-4-15(5-7-16)12-13-19/h4-11H,2-3,12,14H2,1H3. The highest BCUT2D eigenvalue weighted by molar-refractivity contribution is 5.64. The molecule has 0 N–H and O–H groups in total. The Morgan fingerprint density at radius 2 is 1.55 bits per heavy atom. The van der Waals surface area contributed by atoms with Crippen LogP contribution in [0, 0.1) is 11.3 Å². The van der Waals surface area contributed by atoms with Crippen molar-refractivity contribution in [1.29, 1.82) is 5.26 Å². The SMILES string of the molecule is CCCCOc1ccc(-c2ccc(CC#N)cc2)cc1. The summed E-state index contributed by atoms with van der Waals surface area (Å²) in [5, 5.41) is 8.66. The summed E-state index contributed by atoms with van der Waals surface area (Å²) < 4.78 is 5.65. The van der Waals surface area contributed by atoms with Crippen molar-refractivity contribution in [3.63, 3.8) is 0 Å². The second-order valence-corrected chi connectivity index (χ2v) is 4.76.